The van der Waals surface area contributed by atoms with Crippen molar-refractivity contribution < 1.29 is 0 Å². The molecule has 3 rings (SSSR count). The molecule has 6 heteroatoms. The van der Waals surface area contributed by atoms with Gasteiger partial charge >= 0.3 is 0 Å². The molecule has 18 heavy (non-hydrogen) atoms. The van der Waals surface area contributed by atoms with Gasteiger partial charge in [-0.15, -0.1) is 15.0 Å². The Morgan fingerprint density at radius 1 is 1.06 bits per heavy atom. The zero-order valence-corrected chi connectivity index (χ0v) is 10.2. The highest BCUT2D eigenvalue weighted by Crippen LogP contribution is 2.12. The Morgan fingerprint density at radius 3 is 2.61 bits per heavy atom. The number of rotatable bonds is 3. The first kappa shape index (κ1) is 11.3. The highest BCUT2D eigenvalue weighted by Gasteiger charge is 2.12. The third-order valence-corrected chi connectivity index (χ3v) is 3.17. The van der Waals surface area contributed by atoms with Crippen molar-refractivity contribution in [1.82, 2.24) is 30.1 Å². The first-order valence-electron chi connectivity index (χ1n) is 6.32. The smallest absolute Gasteiger partial charge is 0.205 e. The first-order valence-corrected chi connectivity index (χ1v) is 6.32. The predicted molar refractivity (Wildman–Crippen MR) is 66.5 cm³/mol. The molecule has 2 aromatic heterocycles. The normalized spacial score (nSPS) is 16.9. The largest absolute Gasteiger partial charge is 0.283 e. The molecule has 0 N–H and O–H groups in total. The standard InChI is InChI=1S/C12H16N6/c1-2-8-17(9-3-1)10-18-15-12(14-16-18)11-4-6-13-7-5-11/h4-7H,1-3,8-10H2. The summed E-state index contributed by atoms with van der Waals surface area (Å²) >= 11 is 0. The second-order valence-electron chi connectivity index (χ2n) is 4.54. The van der Waals surface area contributed by atoms with Crippen LogP contribution in [0.5, 0.6) is 0 Å². The Hall–Kier alpha value is -1.82. The fraction of sp³-hybridized carbons (Fsp3) is 0.500. The molecule has 0 unspecified atom stereocenters. The highest BCUT2D eigenvalue weighted by molar-refractivity contribution is 5.51. The van der Waals surface area contributed by atoms with E-state index in [0.29, 0.717) is 5.82 Å². The van der Waals surface area contributed by atoms with Crippen LogP contribution in [0.2, 0.25) is 0 Å². The molecule has 0 aromatic carbocycles. The van der Waals surface area contributed by atoms with E-state index in [9.17, 15) is 0 Å². The van der Waals surface area contributed by atoms with Crippen molar-refractivity contribution in [3.05, 3.63) is 24.5 Å². The molecule has 0 amide bonds. The number of hydrogen-bond acceptors (Lipinski definition) is 5. The van der Waals surface area contributed by atoms with Crippen LogP contribution < -0.4 is 0 Å². The molecule has 0 saturated carbocycles. The van der Waals surface area contributed by atoms with Gasteiger partial charge in [0.05, 0.1) is 0 Å². The lowest BCUT2D eigenvalue weighted by molar-refractivity contribution is 0.161. The van der Waals surface area contributed by atoms with Crippen molar-refractivity contribution in [2.45, 2.75) is 25.9 Å². The van der Waals surface area contributed by atoms with Crippen LogP contribution in [0, 0.1) is 0 Å². The molecule has 2 aromatic rings. The van der Waals surface area contributed by atoms with Crippen molar-refractivity contribution in [2.75, 3.05) is 13.1 Å². The molecule has 0 atom stereocenters. The summed E-state index contributed by atoms with van der Waals surface area (Å²) in [6.45, 7) is 3.00. The van der Waals surface area contributed by atoms with Gasteiger partial charge in [-0.2, -0.15) is 0 Å². The zero-order chi connectivity index (χ0) is 12.2. The van der Waals surface area contributed by atoms with E-state index in [4.69, 9.17) is 0 Å². The van der Waals surface area contributed by atoms with Crippen LogP contribution in [0.1, 0.15) is 19.3 Å². The van der Waals surface area contributed by atoms with E-state index in [0.717, 1.165) is 25.3 Å². The van der Waals surface area contributed by atoms with Crippen LogP contribution in [0.4, 0.5) is 0 Å². The Kier molecular flexibility index (Phi) is 3.27. The second kappa shape index (κ2) is 5.22. The molecule has 1 fully saturated rings. The average Bonchev–Trinajstić information content (AvgIpc) is 2.89. The monoisotopic (exact) mass is 244 g/mol. The molecule has 0 bridgehead atoms. The minimum Gasteiger partial charge on any atom is -0.283 e. The molecular formula is C12H16N6. The summed E-state index contributed by atoms with van der Waals surface area (Å²) in [5.74, 6) is 0.661. The molecule has 3 heterocycles. The van der Waals surface area contributed by atoms with Gasteiger partial charge in [0.2, 0.25) is 5.82 Å². The molecule has 1 aliphatic heterocycles. The van der Waals surface area contributed by atoms with Gasteiger partial charge in [-0.05, 0) is 43.3 Å². The second-order valence-corrected chi connectivity index (χ2v) is 4.54. The maximum absolute atomic E-state index is 4.40. The first-order chi connectivity index (χ1) is 8.92. The topological polar surface area (TPSA) is 59.7 Å². The average molecular weight is 244 g/mol. The molecule has 6 nitrogen and oxygen atoms in total. The van der Waals surface area contributed by atoms with Crippen LogP contribution in [-0.2, 0) is 6.67 Å². The SMILES string of the molecule is c1cc(-c2nnn(CN3CCCCC3)n2)ccn1. The summed E-state index contributed by atoms with van der Waals surface area (Å²) in [6, 6.07) is 3.78. The lowest BCUT2D eigenvalue weighted by atomic mass is 10.1. The molecule has 0 radical (unpaired) electrons. The minimum atomic E-state index is 0.661. The van der Waals surface area contributed by atoms with Crippen molar-refractivity contribution in [3.8, 4) is 11.4 Å². The number of piperidine rings is 1. The molecule has 1 aliphatic rings. The van der Waals surface area contributed by atoms with E-state index in [1.54, 1.807) is 17.2 Å². The Labute approximate surface area is 106 Å². The quantitative estimate of drug-likeness (QED) is 0.811. The van der Waals surface area contributed by atoms with Crippen LogP contribution in [0.3, 0.4) is 0 Å². The van der Waals surface area contributed by atoms with Crippen molar-refractivity contribution in [3.63, 3.8) is 0 Å². The lowest BCUT2D eigenvalue weighted by Gasteiger charge is -2.25. The van der Waals surface area contributed by atoms with Gasteiger partial charge in [-0.1, -0.05) is 6.42 Å². The maximum Gasteiger partial charge on any atom is 0.205 e. The van der Waals surface area contributed by atoms with E-state index in [2.05, 4.69) is 25.3 Å². The number of likely N-dealkylation sites (tertiary alicyclic amines) is 1. The fourth-order valence-electron chi connectivity index (χ4n) is 2.20. The number of tetrazole rings is 1. The van der Waals surface area contributed by atoms with Crippen LogP contribution in [0.25, 0.3) is 11.4 Å². The molecule has 1 saturated heterocycles. The van der Waals surface area contributed by atoms with Crippen LogP contribution >= 0.6 is 0 Å². The number of aromatic nitrogens is 5. The Balaban J connectivity index is 1.69. The molecule has 0 spiro atoms. The number of nitrogens with zero attached hydrogens (tertiary/aromatic N) is 6. The van der Waals surface area contributed by atoms with Gasteiger partial charge in [0, 0.05) is 18.0 Å². The summed E-state index contributed by atoms with van der Waals surface area (Å²) < 4.78 is 0. The van der Waals surface area contributed by atoms with E-state index in [1.165, 1.54) is 19.3 Å². The lowest BCUT2D eigenvalue weighted by Crippen LogP contribution is -2.32. The summed E-state index contributed by atoms with van der Waals surface area (Å²) in [5, 5.41) is 12.6. The van der Waals surface area contributed by atoms with Gasteiger partial charge in [-0.3, -0.25) is 9.88 Å². The van der Waals surface area contributed by atoms with Gasteiger partial charge in [0.1, 0.15) is 6.67 Å². The summed E-state index contributed by atoms with van der Waals surface area (Å²) in [5.41, 5.74) is 0.954. The Bertz CT molecular complexity index is 488. The van der Waals surface area contributed by atoms with Crippen LogP contribution in [0.15, 0.2) is 24.5 Å². The van der Waals surface area contributed by atoms with Gasteiger partial charge in [0.25, 0.3) is 0 Å². The van der Waals surface area contributed by atoms with Crippen LogP contribution in [-0.4, -0.2) is 43.2 Å². The highest BCUT2D eigenvalue weighted by atomic mass is 15.6. The molecule has 0 aliphatic carbocycles. The molecular weight excluding hydrogens is 228 g/mol. The van der Waals surface area contributed by atoms with E-state index in [-0.39, 0.29) is 0 Å². The van der Waals surface area contributed by atoms with Gasteiger partial charge in [0.15, 0.2) is 0 Å². The van der Waals surface area contributed by atoms with Crippen molar-refractivity contribution >= 4 is 0 Å². The zero-order valence-electron chi connectivity index (χ0n) is 10.2. The van der Waals surface area contributed by atoms with Gasteiger partial charge in [-0.25, -0.2) is 0 Å². The predicted octanol–water partition coefficient (Wildman–Crippen LogP) is 1.18. The number of pyridine rings is 1. The third kappa shape index (κ3) is 2.53. The van der Waals surface area contributed by atoms with E-state index < -0.39 is 0 Å². The minimum absolute atomic E-state index is 0.661. The Morgan fingerprint density at radius 2 is 1.83 bits per heavy atom. The summed E-state index contributed by atoms with van der Waals surface area (Å²) in [6.07, 6.45) is 7.35. The van der Waals surface area contributed by atoms with E-state index >= 15 is 0 Å². The summed E-state index contributed by atoms with van der Waals surface area (Å²) in [7, 11) is 0. The van der Waals surface area contributed by atoms with Gasteiger partial charge < -0.3 is 0 Å². The van der Waals surface area contributed by atoms with E-state index in [1.807, 2.05) is 12.1 Å². The molecule has 94 valence electrons. The maximum atomic E-state index is 4.40. The number of hydrogen-bond donors (Lipinski definition) is 0. The summed E-state index contributed by atoms with van der Waals surface area (Å²) in [4.78, 5) is 8.01. The fourth-order valence-corrected chi connectivity index (χ4v) is 2.20. The third-order valence-electron chi connectivity index (χ3n) is 3.17. The van der Waals surface area contributed by atoms with Crippen molar-refractivity contribution in [1.29, 1.82) is 0 Å². The van der Waals surface area contributed by atoms with Crippen molar-refractivity contribution in [2.24, 2.45) is 0 Å².